The molecule has 0 amide bonds. The van der Waals surface area contributed by atoms with E-state index >= 15 is 0 Å². The van der Waals surface area contributed by atoms with Gasteiger partial charge in [0.25, 0.3) is 0 Å². The van der Waals surface area contributed by atoms with Crippen LogP contribution in [0.3, 0.4) is 0 Å². The maximum atomic E-state index is 4.28. The van der Waals surface area contributed by atoms with E-state index in [4.69, 9.17) is 0 Å². The van der Waals surface area contributed by atoms with Gasteiger partial charge in [-0.05, 0) is 35.1 Å². The number of hydrogen-bond acceptors (Lipinski definition) is 1. The second-order valence-electron chi connectivity index (χ2n) is 5.89. The zero-order valence-corrected chi connectivity index (χ0v) is 12.8. The number of rotatable bonds is 4. The molecule has 3 nitrogen and oxygen atoms in total. The van der Waals surface area contributed by atoms with Gasteiger partial charge in [0.1, 0.15) is 0 Å². The van der Waals surface area contributed by atoms with Crippen molar-refractivity contribution in [3.63, 3.8) is 0 Å². The summed E-state index contributed by atoms with van der Waals surface area (Å²) in [5, 5.41) is 9.45. The predicted octanol–water partition coefficient (Wildman–Crippen LogP) is 2.96. The van der Waals surface area contributed by atoms with Crippen LogP contribution in [0.4, 0.5) is 0 Å². The molecule has 0 heterocycles. The molecular formula is C18H23N3. The molecule has 21 heavy (non-hydrogen) atoms. The lowest BCUT2D eigenvalue weighted by atomic mass is 10.1. The molecule has 1 fully saturated rings. The number of benzene rings is 2. The standard InChI is InChI=1S/C18H23N3/c1-13-11-17(13)21-18(19-2)20-10-9-14-7-8-15-5-3-4-6-16(15)12-14/h3-8,12-13,17H,9-11H2,1-2H3,(H2,19,20,21). The lowest BCUT2D eigenvalue weighted by molar-refractivity contribution is 0.758. The Balaban J connectivity index is 1.53. The van der Waals surface area contributed by atoms with Gasteiger partial charge >= 0.3 is 0 Å². The first-order valence-electron chi connectivity index (χ1n) is 7.71. The van der Waals surface area contributed by atoms with Crippen molar-refractivity contribution in [3.05, 3.63) is 48.0 Å². The van der Waals surface area contributed by atoms with E-state index in [1.807, 2.05) is 7.05 Å². The molecule has 1 saturated carbocycles. The second-order valence-corrected chi connectivity index (χ2v) is 5.89. The lowest BCUT2D eigenvalue weighted by Crippen LogP contribution is -2.39. The van der Waals surface area contributed by atoms with Crippen LogP contribution in [0.1, 0.15) is 18.9 Å². The van der Waals surface area contributed by atoms with Crippen LogP contribution in [0, 0.1) is 5.92 Å². The third-order valence-electron chi connectivity index (χ3n) is 4.18. The third-order valence-corrected chi connectivity index (χ3v) is 4.18. The summed E-state index contributed by atoms with van der Waals surface area (Å²) < 4.78 is 0. The zero-order valence-electron chi connectivity index (χ0n) is 12.8. The number of aliphatic imine (C=N–C) groups is 1. The minimum Gasteiger partial charge on any atom is -0.356 e. The summed E-state index contributed by atoms with van der Waals surface area (Å²) in [6, 6.07) is 15.8. The lowest BCUT2D eigenvalue weighted by Gasteiger charge is -2.11. The number of fused-ring (bicyclic) bond motifs is 1. The molecule has 2 atom stereocenters. The molecule has 0 aliphatic heterocycles. The summed E-state index contributed by atoms with van der Waals surface area (Å²) in [6.45, 7) is 3.17. The first-order chi connectivity index (χ1) is 10.3. The molecule has 2 N–H and O–H groups in total. The monoisotopic (exact) mass is 281 g/mol. The third kappa shape index (κ3) is 3.54. The maximum absolute atomic E-state index is 4.28. The van der Waals surface area contributed by atoms with Crippen molar-refractivity contribution in [1.29, 1.82) is 0 Å². The molecule has 0 saturated heterocycles. The molecule has 3 heteroatoms. The van der Waals surface area contributed by atoms with E-state index in [0.717, 1.165) is 24.8 Å². The summed E-state index contributed by atoms with van der Waals surface area (Å²) in [6.07, 6.45) is 2.26. The number of nitrogens with one attached hydrogen (secondary N) is 2. The smallest absolute Gasteiger partial charge is 0.191 e. The Labute approximate surface area is 126 Å². The van der Waals surface area contributed by atoms with Crippen LogP contribution in [-0.4, -0.2) is 25.6 Å². The fourth-order valence-electron chi connectivity index (χ4n) is 2.61. The average molecular weight is 281 g/mol. The van der Waals surface area contributed by atoms with E-state index in [9.17, 15) is 0 Å². The Morgan fingerprint density at radius 2 is 1.95 bits per heavy atom. The van der Waals surface area contributed by atoms with Crippen molar-refractivity contribution in [3.8, 4) is 0 Å². The number of nitrogens with zero attached hydrogens (tertiary/aromatic N) is 1. The van der Waals surface area contributed by atoms with Crippen molar-refractivity contribution in [1.82, 2.24) is 10.6 Å². The van der Waals surface area contributed by atoms with Gasteiger partial charge in [0.15, 0.2) is 5.96 Å². The summed E-state index contributed by atoms with van der Waals surface area (Å²) >= 11 is 0. The molecule has 2 aromatic rings. The Morgan fingerprint density at radius 3 is 2.67 bits per heavy atom. The summed E-state index contributed by atoms with van der Waals surface area (Å²) in [5.74, 6) is 1.70. The highest BCUT2D eigenvalue weighted by Crippen LogP contribution is 2.28. The molecule has 0 aromatic heterocycles. The van der Waals surface area contributed by atoms with Gasteiger partial charge in [-0.3, -0.25) is 4.99 Å². The van der Waals surface area contributed by atoms with Gasteiger partial charge in [-0.2, -0.15) is 0 Å². The fraction of sp³-hybridized carbons (Fsp3) is 0.389. The van der Waals surface area contributed by atoms with E-state index in [2.05, 4.69) is 65.0 Å². The van der Waals surface area contributed by atoms with E-state index in [1.54, 1.807) is 0 Å². The van der Waals surface area contributed by atoms with Crippen LogP contribution in [0.5, 0.6) is 0 Å². The van der Waals surface area contributed by atoms with Crippen molar-refractivity contribution < 1.29 is 0 Å². The molecule has 2 unspecified atom stereocenters. The minimum absolute atomic E-state index is 0.608. The summed E-state index contributed by atoms with van der Waals surface area (Å²) in [5.41, 5.74) is 1.36. The molecule has 0 bridgehead atoms. The molecule has 1 aliphatic rings. The Kier molecular flexibility index (Phi) is 4.09. The summed E-state index contributed by atoms with van der Waals surface area (Å²) in [7, 11) is 1.83. The van der Waals surface area contributed by atoms with Crippen molar-refractivity contribution in [2.45, 2.75) is 25.8 Å². The van der Waals surface area contributed by atoms with Crippen molar-refractivity contribution in [2.75, 3.05) is 13.6 Å². The Morgan fingerprint density at radius 1 is 1.19 bits per heavy atom. The topological polar surface area (TPSA) is 36.4 Å². The van der Waals surface area contributed by atoms with Crippen LogP contribution in [0.2, 0.25) is 0 Å². The molecule has 110 valence electrons. The van der Waals surface area contributed by atoms with Crippen molar-refractivity contribution >= 4 is 16.7 Å². The molecule has 0 spiro atoms. The molecule has 0 radical (unpaired) electrons. The quantitative estimate of drug-likeness (QED) is 0.668. The highest BCUT2D eigenvalue weighted by atomic mass is 15.2. The first kappa shape index (κ1) is 13.9. The van der Waals surface area contributed by atoms with Crippen LogP contribution in [-0.2, 0) is 6.42 Å². The predicted molar refractivity (Wildman–Crippen MR) is 89.7 cm³/mol. The molecule has 2 aromatic carbocycles. The highest BCUT2D eigenvalue weighted by Gasteiger charge is 2.33. The van der Waals surface area contributed by atoms with E-state index in [1.165, 1.54) is 22.8 Å². The van der Waals surface area contributed by atoms with E-state index in [-0.39, 0.29) is 0 Å². The van der Waals surface area contributed by atoms with Gasteiger partial charge in [-0.25, -0.2) is 0 Å². The second kappa shape index (κ2) is 6.17. The zero-order chi connectivity index (χ0) is 14.7. The van der Waals surface area contributed by atoms with Crippen LogP contribution < -0.4 is 10.6 Å². The van der Waals surface area contributed by atoms with Gasteiger partial charge in [-0.15, -0.1) is 0 Å². The van der Waals surface area contributed by atoms with Gasteiger partial charge < -0.3 is 10.6 Å². The van der Waals surface area contributed by atoms with Crippen LogP contribution in [0.25, 0.3) is 10.8 Å². The van der Waals surface area contributed by atoms with Crippen LogP contribution in [0.15, 0.2) is 47.5 Å². The van der Waals surface area contributed by atoms with Gasteiger partial charge in [0, 0.05) is 19.6 Å². The first-order valence-corrected chi connectivity index (χ1v) is 7.71. The minimum atomic E-state index is 0.608. The van der Waals surface area contributed by atoms with Gasteiger partial charge in [-0.1, -0.05) is 49.4 Å². The Hall–Kier alpha value is -2.03. The SMILES string of the molecule is CN=C(NCCc1ccc2ccccc2c1)NC1CC1C. The molecular weight excluding hydrogens is 258 g/mol. The van der Waals surface area contributed by atoms with Crippen molar-refractivity contribution in [2.24, 2.45) is 10.9 Å². The average Bonchev–Trinajstić information content (AvgIpc) is 3.21. The number of guanidine groups is 1. The number of hydrogen-bond donors (Lipinski definition) is 2. The summed E-state index contributed by atoms with van der Waals surface area (Å²) in [4.78, 5) is 4.28. The maximum Gasteiger partial charge on any atom is 0.191 e. The van der Waals surface area contributed by atoms with Gasteiger partial charge in [0.2, 0.25) is 0 Å². The van der Waals surface area contributed by atoms with Crippen LogP contribution >= 0.6 is 0 Å². The molecule has 3 rings (SSSR count). The Bertz CT molecular complexity index is 648. The van der Waals surface area contributed by atoms with E-state index < -0.39 is 0 Å². The fourth-order valence-corrected chi connectivity index (χ4v) is 2.61. The van der Waals surface area contributed by atoms with E-state index in [0.29, 0.717) is 6.04 Å². The largest absolute Gasteiger partial charge is 0.356 e. The molecule has 1 aliphatic carbocycles. The normalized spacial score (nSPS) is 21.3. The van der Waals surface area contributed by atoms with Gasteiger partial charge in [0.05, 0.1) is 0 Å². The highest BCUT2D eigenvalue weighted by molar-refractivity contribution is 5.83.